The largest absolute Gasteiger partial charge is 0.355 e. The molecule has 2 aromatic rings. The summed E-state index contributed by atoms with van der Waals surface area (Å²) < 4.78 is 0. The standard InChI is InChI=1S/C17H20N6O/c1-5-8-18-16(24)14-6-7-15(19-11-14)23(4)12-13-9-20-17(21-10-13)22(2)3/h1,6-7,9-11H,8,12H2,2-4H3,(H,18,24). The van der Waals surface area contributed by atoms with Crippen molar-refractivity contribution in [2.24, 2.45) is 0 Å². The number of carbonyl (C=O) groups is 1. The van der Waals surface area contributed by atoms with Crippen LogP contribution in [-0.2, 0) is 6.54 Å². The van der Waals surface area contributed by atoms with Crippen LogP contribution in [0, 0.1) is 12.3 Å². The normalized spacial score (nSPS) is 9.92. The first kappa shape index (κ1) is 17.2. The van der Waals surface area contributed by atoms with E-state index in [2.05, 4.69) is 26.2 Å². The van der Waals surface area contributed by atoms with Gasteiger partial charge in [-0.25, -0.2) is 15.0 Å². The van der Waals surface area contributed by atoms with Crippen molar-refractivity contribution in [2.75, 3.05) is 37.5 Å². The Labute approximate surface area is 141 Å². The summed E-state index contributed by atoms with van der Waals surface area (Å²) in [5.41, 5.74) is 1.45. The molecule has 7 nitrogen and oxygen atoms in total. The molecule has 0 atom stereocenters. The number of nitrogens with zero attached hydrogens (tertiary/aromatic N) is 5. The summed E-state index contributed by atoms with van der Waals surface area (Å²) in [6.07, 6.45) is 10.2. The Kier molecular flexibility index (Phi) is 5.68. The lowest BCUT2D eigenvalue weighted by molar-refractivity contribution is 0.0958. The first-order valence-electron chi connectivity index (χ1n) is 7.38. The second-order valence-electron chi connectivity index (χ2n) is 5.43. The van der Waals surface area contributed by atoms with Crippen molar-refractivity contribution in [3.05, 3.63) is 41.9 Å². The van der Waals surface area contributed by atoms with Gasteiger partial charge in [-0.05, 0) is 12.1 Å². The first-order valence-corrected chi connectivity index (χ1v) is 7.38. The number of aromatic nitrogens is 3. The molecule has 0 aromatic carbocycles. The van der Waals surface area contributed by atoms with Gasteiger partial charge in [0.05, 0.1) is 12.1 Å². The molecule has 0 fully saturated rings. The van der Waals surface area contributed by atoms with Crippen molar-refractivity contribution in [3.63, 3.8) is 0 Å². The molecule has 1 N–H and O–H groups in total. The van der Waals surface area contributed by atoms with Crippen molar-refractivity contribution in [1.82, 2.24) is 20.3 Å². The summed E-state index contributed by atoms with van der Waals surface area (Å²) in [5, 5.41) is 2.60. The van der Waals surface area contributed by atoms with Gasteiger partial charge in [0.15, 0.2) is 0 Å². The van der Waals surface area contributed by atoms with Crippen LogP contribution in [0.4, 0.5) is 11.8 Å². The van der Waals surface area contributed by atoms with E-state index in [-0.39, 0.29) is 12.5 Å². The molecule has 0 unspecified atom stereocenters. The molecule has 0 radical (unpaired) electrons. The lowest BCUT2D eigenvalue weighted by atomic mass is 10.2. The van der Waals surface area contributed by atoms with E-state index in [9.17, 15) is 4.79 Å². The van der Waals surface area contributed by atoms with Gasteiger partial charge in [0.25, 0.3) is 5.91 Å². The zero-order chi connectivity index (χ0) is 17.5. The van der Waals surface area contributed by atoms with Crippen LogP contribution in [0.15, 0.2) is 30.7 Å². The van der Waals surface area contributed by atoms with Crippen LogP contribution in [0.2, 0.25) is 0 Å². The fourth-order valence-electron chi connectivity index (χ4n) is 1.99. The Morgan fingerprint density at radius 2 is 1.88 bits per heavy atom. The summed E-state index contributed by atoms with van der Waals surface area (Å²) in [7, 11) is 5.71. The predicted octanol–water partition coefficient (Wildman–Crippen LogP) is 0.937. The predicted molar refractivity (Wildman–Crippen MR) is 93.9 cm³/mol. The summed E-state index contributed by atoms with van der Waals surface area (Å²) in [6, 6.07) is 3.51. The quantitative estimate of drug-likeness (QED) is 0.797. The fourth-order valence-corrected chi connectivity index (χ4v) is 1.99. The van der Waals surface area contributed by atoms with E-state index in [4.69, 9.17) is 6.42 Å². The number of nitrogens with one attached hydrogen (secondary N) is 1. The van der Waals surface area contributed by atoms with Crippen molar-refractivity contribution < 1.29 is 4.79 Å². The molecule has 124 valence electrons. The topological polar surface area (TPSA) is 74.2 Å². The van der Waals surface area contributed by atoms with E-state index in [0.29, 0.717) is 18.1 Å². The maximum Gasteiger partial charge on any atom is 0.253 e. The first-order chi connectivity index (χ1) is 11.5. The molecule has 0 saturated heterocycles. The molecule has 0 aliphatic carbocycles. The van der Waals surface area contributed by atoms with Gasteiger partial charge in [-0.2, -0.15) is 0 Å². The average molecular weight is 324 g/mol. The Morgan fingerprint density at radius 1 is 1.17 bits per heavy atom. The second-order valence-corrected chi connectivity index (χ2v) is 5.43. The molecule has 24 heavy (non-hydrogen) atoms. The SMILES string of the molecule is C#CCNC(=O)c1ccc(N(C)Cc2cnc(N(C)C)nc2)nc1. The number of anilines is 2. The number of terminal acetylenes is 1. The summed E-state index contributed by atoms with van der Waals surface area (Å²) >= 11 is 0. The van der Waals surface area contributed by atoms with E-state index in [1.54, 1.807) is 24.5 Å². The fraction of sp³-hybridized carbons (Fsp3) is 0.294. The van der Waals surface area contributed by atoms with Gasteiger partial charge in [-0.3, -0.25) is 4.79 Å². The number of hydrogen-bond acceptors (Lipinski definition) is 6. The van der Waals surface area contributed by atoms with Crippen LogP contribution in [0.5, 0.6) is 0 Å². The molecular formula is C17H20N6O. The summed E-state index contributed by atoms with van der Waals surface area (Å²) in [4.78, 5) is 28.5. The van der Waals surface area contributed by atoms with Crippen molar-refractivity contribution in [3.8, 4) is 12.3 Å². The Bertz CT molecular complexity index is 718. The van der Waals surface area contributed by atoms with Gasteiger partial charge in [0.2, 0.25) is 5.95 Å². The third-order valence-electron chi connectivity index (χ3n) is 3.26. The van der Waals surface area contributed by atoms with Crippen LogP contribution in [0.3, 0.4) is 0 Å². The zero-order valence-corrected chi connectivity index (χ0v) is 14.0. The van der Waals surface area contributed by atoms with E-state index in [0.717, 1.165) is 11.4 Å². The molecule has 1 amide bonds. The second kappa shape index (κ2) is 7.92. The van der Waals surface area contributed by atoms with Crippen molar-refractivity contribution in [2.45, 2.75) is 6.54 Å². The smallest absolute Gasteiger partial charge is 0.253 e. The molecule has 0 spiro atoms. The minimum absolute atomic E-state index is 0.198. The number of pyridine rings is 1. The Hall–Kier alpha value is -3.14. The highest BCUT2D eigenvalue weighted by Crippen LogP contribution is 2.13. The maximum atomic E-state index is 11.8. The molecule has 2 heterocycles. The molecule has 0 bridgehead atoms. The molecule has 2 rings (SSSR count). The highest BCUT2D eigenvalue weighted by atomic mass is 16.1. The third kappa shape index (κ3) is 4.43. The molecular weight excluding hydrogens is 304 g/mol. The third-order valence-corrected chi connectivity index (χ3v) is 3.26. The highest BCUT2D eigenvalue weighted by Gasteiger charge is 2.08. The van der Waals surface area contributed by atoms with Gasteiger partial charge in [0, 0.05) is 51.8 Å². The van der Waals surface area contributed by atoms with E-state index in [1.165, 1.54) is 6.20 Å². The molecule has 2 aromatic heterocycles. The minimum Gasteiger partial charge on any atom is -0.355 e. The molecule has 0 aliphatic rings. The van der Waals surface area contributed by atoms with Crippen LogP contribution in [0.1, 0.15) is 15.9 Å². The lowest BCUT2D eigenvalue weighted by Gasteiger charge is -2.18. The van der Waals surface area contributed by atoms with Crippen LogP contribution in [0.25, 0.3) is 0 Å². The van der Waals surface area contributed by atoms with Crippen LogP contribution < -0.4 is 15.1 Å². The van der Waals surface area contributed by atoms with Gasteiger partial charge in [-0.15, -0.1) is 6.42 Å². The zero-order valence-electron chi connectivity index (χ0n) is 14.0. The van der Waals surface area contributed by atoms with Gasteiger partial charge in [-0.1, -0.05) is 5.92 Å². The molecule has 0 aliphatic heterocycles. The molecule has 7 heteroatoms. The van der Waals surface area contributed by atoms with E-state index >= 15 is 0 Å². The van der Waals surface area contributed by atoms with Crippen LogP contribution >= 0.6 is 0 Å². The van der Waals surface area contributed by atoms with Gasteiger partial charge >= 0.3 is 0 Å². The van der Waals surface area contributed by atoms with Gasteiger partial charge in [0.1, 0.15) is 5.82 Å². The van der Waals surface area contributed by atoms with Gasteiger partial charge < -0.3 is 15.1 Å². The highest BCUT2D eigenvalue weighted by molar-refractivity contribution is 5.94. The van der Waals surface area contributed by atoms with Crippen LogP contribution in [-0.4, -0.2) is 48.5 Å². The number of rotatable bonds is 6. The number of carbonyl (C=O) groups excluding carboxylic acids is 1. The van der Waals surface area contributed by atoms with E-state index in [1.807, 2.05) is 30.9 Å². The minimum atomic E-state index is -0.234. The maximum absolute atomic E-state index is 11.8. The van der Waals surface area contributed by atoms with Crippen molar-refractivity contribution in [1.29, 1.82) is 0 Å². The monoisotopic (exact) mass is 324 g/mol. The number of amides is 1. The lowest BCUT2D eigenvalue weighted by Crippen LogP contribution is -2.24. The van der Waals surface area contributed by atoms with E-state index < -0.39 is 0 Å². The molecule has 0 saturated carbocycles. The summed E-state index contributed by atoms with van der Waals surface area (Å²) in [6.45, 7) is 0.812. The Balaban J connectivity index is 2.00. The van der Waals surface area contributed by atoms with Crippen molar-refractivity contribution >= 4 is 17.7 Å². The number of hydrogen-bond donors (Lipinski definition) is 1. The Morgan fingerprint density at radius 3 is 2.42 bits per heavy atom. The average Bonchev–Trinajstić information content (AvgIpc) is 2.60. The summed E-state index contributed by atoms with van der Waals surface area (Å²) in [5.74, 6) is 3.55.